The zero-order valence-electron chi connectivity index (χ0n) is 16.1. The summed E-state index contributed by atoms with van der Waals surface area (Å²) in [5.41, 5.74) is 1.14. The number of esters is 1. The molecule has 0 saturated heterocycles. The van der Waals surface area contributed by atoms with Gasteiger partial charge in [-0.25, -0.2) is 14.3 Å². The third-order valence-corrected chi connectivity index (χ3v) is 5.09. The number of nitrogens with zero attached hydrogens (tertiary/aromatic N) is 2. The summed E-state index contributed by atoms with van der Waals surface area (Å²) in [5, 5.41) is 9.29. The first-order valence-corrected chi connectivity index (χ1v) is 9.91. The number of nitrogens with one attached hydrogen (secondary N) is 2. The Labute approximate surface area is 173 Å². The minimum absolute atomic E-state index is 0.0735. The van der Waals surface area contributed by atoms with E-state index in [9.17, 15) is 14.4 Å². The topological polar surface area (TPSA) is 102 Å². The predicted molar refractivity (Wildman–Crippen MR) is 107 cm³/mol. The van der Waals surface area contributed by atoms with E-state index in [0.29, 0.717) is 11.4 Å². The number of ether oxygens (including phenoxy) is 1. The number of carbonyl (C=O) groups excluding carboxylic acids is 3. The molecule has 0 spiro atoms. The van der Waals surface area contributed by atoms with E-state index in [0.717, 1.165) is 32.1 Å². The number of halogens is 1. The van der Waals surface area contributed by atoms with E-state index in [4.69, 9.17) is 16.3 Å². The van der Waals surface area contributed by atoms with Gasteiger partial charge >= 0.3 is 12.0 Å². The highest BCUT2D eigenvalue weighted by molar-refractivity contribution is 6.33. The van der Waals surface area contributed by atoms with E-state index in [1.54, 1.807) is 19.1 Å². The summed E-state index contributed by atoms with van der Waals surface area (Å²) in [5.74, 6) is -1.49. The molecule has 29 heavy (non-hydrogen) atoms. The average molecular weight is 419 g/mol. The summed E-state index contributed by atoms with van der Waals surface area (Å²) in [4.78, 5) is 36.2. The Hall–Kier alpha value is -2.87. The third-order valence-electron chi connectivity index (χ3n) is 4.74. The van der Waals surface area contributed by atoms with Crippen molar-refractivity contribution in [1.82, 2.24) is 20.4 Å². The van der Waals surface area contributed by atoms with Gasteiger partial charge in [0.05, 0.1) is 11.4 Å². The van der Waals surface area contributed by atoms with Crippen LogP contribution in [0.3, 0.4) is 0 Å². The SMILES string of the molecule is Cc1nn(-c2ccccc2)c(Cl)c1C(=O)OCC(=O)NC(=O)NC1CCCCC1. The molecule has 154 valence electrons. The standard InChI is InChI=1S/C20H23ClN4O4/c1-13-17(18(21)25(24-13)15-10-6-3-7-11-15)19(27)29-12-16(26)23-20(28)22-14-8-4-2-5-9-14/h3,6-7,10-11,14H,2,4-5,8-9,12H2,1H3,(H2,22,23,26,28). The van der Waals surface area contributed by atoms with Gasteiger partial charge in [-0.3, -0.25) is 10.1 Å². The molecule has 0 unspecified atom stereocenters. The van der Waals surface area contributed by atoms with Gasteiger partial charge in [0.2, 0.25) is 0 Å². The Bertz CT molecular complexity index is 891. The van der Waals surface area contributed by atoms with Crippen LogP contribution >= 0.6 is 11.6 Å². The predicted octanol–water partition coefficient (Wildman–Crippen LogP) is 3.15. The first-order chi connectivity index (χ1) is 14.0. The van der Waals surface area contributed by atoms with Crippen LogP contribution in [-0.4, -0.2) is 40.3 Å². The lowest BCUT2D eigenvalue weighted by atomic mass is 9.96. The molecule has 1 aliphatic rings. The summed E-state index contributed by atoms with van der Waals surface area (Å²) in [6, 6.07) is 8.59. The van der Waals surface area contributed by atoms with E-state index in [2.05, 4.69) is 15.7 Å². The Morgan fingerprint density at radius 1 is 1.17 bits per heavy atom. The molecule has 2 N–H and O–H groups in total. The van der Waals surface area contributed by atoms with E-state index < -0.39 is 24.5 Å². The molecular weight excluding hydrogens is 396 g/mol. The molecule has 3 amide bonds. The van der Waals surface area contributed by atoms with Crippen LogP contribution in [0.5, 0.6) is 0 Å². The highest BCUT2D eigenvalue weighted by Crippen LogP contribution is 2.24. The van der Waals surface area contributed by atoms with Crippen LogP contribution in [0.15, 0.2) is 30.3 Å². The second-order valence-electron chi connectivity index (χ2n) is 6.93. The number of carbonyl (C=O) groups is 3. The van der Waals surface area contributed by atoms with Gasteiger partial charge in [-0.05, 0) is 31.9 Å². The fraction of sp³-hybridized carbons (Fsp3) is 0.400. The number of benzene rings is 1. The number of aromatic nitrogens is 2. The summed E-state index contributed by atoms with van der Waals surface area (Å²) < 4.78 is 6.44. The van der Waals surface area contributed by atoms with Gasteiger partial charge in [0.1, 0.15) is 10.7 Å². The monoisotopic (exact) mass is 418 g/mol. The lowest BCUT2D eigenvalue weighted by Crippen LogP contribution is -2.46. The number of amides is 3. The molecule has 1 fully saturated rings. The van der Waals surface area contributed by atoms with Crippen molar-refractivity contribution in [2.75, 3.05) is 6.61 Å². The van der Waals surface area contributed by atoms with Gasteiger partial charge in [0.25, 0.3) is 5.91 Å². The van der Waals surface area contributed by atoms with E-state index >= 15 is 0 Å². The zero-order valence-corrected chi connectivity index (χ0v) is 16.9. The maximum absolute atomic E-state index is 12.4. The van der Waals surface area contributed by atoms with Crippen LogP contribution in [0.25, 0.3) is 5.69 Å². The molecule has 0 aliphatic heterocycles. The van der Waals surface area contributed by atoms with Crippen LogP contribution < -0.4 is 10.6 Å². The molecule has 1 aliphatic carbocycles. The molecule has 0 radical (unpaired) electrons. The summed E-state index contributed by atoms with van der Waals surface area (Å²) >= 11 is 6.30. The molecule has 1 aromatic heterocycles. The largest absolute Gasteiger partial charge is 0.452 e. The summed E-state index contributed by atoms with van der Waals surface area (Å²) in [7, 11) is 0. The van der Waals surface area contributed by atoms with E-state index in [-0.39, 0.29) is 16.8 Å². The Morgan fingerprint density at radius 2 is 1.86 bits per heavy atom. The number of para-hydroxylation sites is 1. The van der Waals surface area contributed by atoms with Gasteiger partial charge in [-0.2, -0.15) is 5.10 Å². The lowest BCUT2D eigenvalue weighted by Gasteiger charge is -2.22. The molecule has 1 heterocycles. The molecule has 1 saturated carbocycles. The van der Waals surface area contributed by atoms with Gasteiger partial charge in [-0.1, -0.05) is 49.1 Å². The van der Waals surface area contributed by atoms with Crippen molar-refractivity contribution in [2.24, 2.45) is 0 Å². The van der Waals surface area contributed by atoms with E-state index in [1.807, 2.05) is 18.2 Å². The Morgan fingerprint density at radius 3 is 2.55 bits per heavy atom. The van der Waals surface area contributed by atoms with Crippen molar-refractivity contribution in [2.45, 2.75) is 45.1 Å². The number of rotatable bonds is 5. The number of hydrogen-bond donors (Lipinski definition) is 2. The molecule has 1 aromatic carbocycles. The Balaban J connectivity index is 1.54. The molecular formula is C20H23ClN4O4. The number of aryl methyl sites for hydroxylation is 1. The minimum atomic E-state index is -0.780. The van der Waals surface area contributed by atoms with Crippen LogP contribution in [0.4, 0.5) is 4.79 Å². The third kappa shape index (κ3) is 5.35. The number of hydrogen-bond acceptors (Lipinski definition) is 5. The normalized spacial score (nSPS) is 14.3. The van der Waals surface area contributed by atoms with Crippen molar-refractivity contribution in [1.29, 1.82) is 0 Å². The fourth-order valence-electron chi connectivity index (χ4n) is 3.31. The number of urea groups is 1. The van der Waals surface area contributed by atoms with Gasteiger partial charge in [-0.15, -0.1) is 0 Å². The van der Waals surface area contributed by atoms with Crippen molar-refractivity contribution in [3.63, 3.8) is 0 Å². The zero-order chi connectivity index (χ0) is 20.8. The highest BCUT2D eigenvalue weighted by atomic mass is 35.5. The molecule has 8 nitrogen and oxygen atoms in total. The van der Waals surface area contributed by atoms with Crippen LogP contribution in [0, 0.1) is 6.92 Å². The second kappa shape index (κ2) is 9.56. The average Bonchev–Trinajstić information content (AvgIpc) is 3.01. The fourth-order valence-corrected chi connectivity index (χ4v) is 3.65. The molecule has 2 aromatic rings. The van der Waals surface area contributed by atoms with Gasteiger partial charge < -0.3 is 10.1 Å². The second-order valence-corrected chi connectivity index (χ2v) is 7.29. The van der Waals surface area contributed by atoms with Gasteiger partial charge in [0.15, 0.2) is 6.61 Å². The Kier molecular flexibility index (Phi) is 6.87. The van der Waals surface area contributed by atoms with Crippen LogP contribution in [0.2, 0.25) is 5.15 Å². The van der Waals surface area contributed by atoms with Crippen LogP contribution in [-0.2, 0) is 9.53 Å². The van der Waals surface area contributed by atoms with Crippen molar-refractivity contribution in [3.8, 4) is 5.69 Å². The highest BCUT2D eigenvalue weighted by Gasteiger charge is 2.24. The molecule has 0 atom stereocenters. The quantitative estimate of drug-likeness (QED) is 0.726. The van der Waals surface area contributed by atoms with Crippen molar-refractivity contribution >= 4 is 29.5 Å². The number of imide groups is 1. The maximum Gasteiger partial charge on any atom is 0.343 e. The first-order valence-electron chi connectivity index (χ1n) is 9.53. The van der Waals surface area contributed by atoms with E-state index in [1.165, 1.54) is 4.68 Å². The summed E-state index contributed by atoms with van der Waals surface area (Å²) in [6.07, 6.45) is 5.09. The van der Waals surface area contributed by atoms with Crippen molar-refractivity contribution < 1.29 is 19.1 Å². The molecule has 0 bridgehead atoms. The van der Waals surface area contributed by atoms with Crippen molar-refractivity contribution in [3.05, 3.63) is 46.7 Å². The van der Waals surface area contributed by atoms with Gasteiger partial charge in [0, 0.05) is 6.04 Å². The lowest BCUT2D eigenvalue weighted by molar-refractivity contribution is -0.123. The summed E-state index contributed by atoms with van der Waals surface area (Å²) in [6.45, 7) is 1.03. The molecule has 3 rings (SSSR count). The van der Waals surface area contributed by atoms with Crippen LogP contribution in [0.1, 0.15) is 48.2 Å². The molecule has 9 heteroatoms. The smallest absolute Gasteiger partial charge is 0.343 e. The maximum atomic E-state index is 12.4. The first kappa shape index (κ1) is 20.9. The minimum Gasteiger partial charge on any atom is -0.452 e.